The Morgan fingerprint density at radius 3 is 2.80 bits per heavy atom. The first-order valence-electron chi connectivity index (χ1n) is 6.12. The lowest BCUT2D eigenvalue weighted by Gasteiger charge is -2.08. The summed E-state index contributed by atoms with van der Waals surface area (Å²) in [6.45, 7) is 0. The lowest BCUT2D eigenvalue weighted by molar-refractivity contribution is -0.115. The van der Waals surface area contributed by atoms with E-state index in [1.807, 2.05) is 24.3 Å². The van der Waals surface area contributed by atoms with E-state index < -0.39 is 0 Å². The Hall–Kier alpha value is -1.89. The number of fused-ring (bicyclic) bond motifs is 1. The van der Waals surface area contributed by atoms with Crippen molar-refractivity contribution in [3.05, 3.63) is 57.2 Å². The fraction of sp³-hybridized carbons (Fsp3) is 0.0667. The molecule has 4 nitrogen and oxygen atoms in total. The number of hydrogen-bond acceptors (Lipinski definition) is 2. The predicted octanol–water partition coefficient (Wildman–Crippen LogP) is 3.04. The summed E-state index contributed by atoms with van der Waals surface area (Å²) in [4.78, 5) is 23.5. The Labute approximate surface area is 129 Å². The van der Waals surface area contributed by atoms with Gasteiger partial charge in [0.25, 0.3) is 5.91 Å². The molecule has 0 bridgehead atoms. The highest BCUT2D eigenvalue weighted by atomic mass is 127. The van der Waals surface area contributed by atoms with Crippen LogP contribution in [0.4, 0.5) is 11.4 Å². The molecule has 20 heavy (non-hydrogen) atoms. The van der Waals surface area contributed by atoms with Gasteiger partial charge in [0.05, 0.1) is 12.1 Å². The Bertz CT molecular complexity index is 713. The van der Waals surface area contributed by atoms with Crippen LogP contribution in [0.5, 0.6) is 0 Å². The molecule has 0 saturated carbocycles. The molecule has 0 atom stereocenters. The number of anilines is 2. The molecule has 5 heteroatoms. The van der Waals surface area contributed by atoms with E-state index in [4.69, 9.17) is 0 Å². The highest BCUT2D eigenvalue weighted by Gasteiger charge is 2.19. The minimum absolute atomic E-state index is 0.0323. The second-order valence-electron chi connectivity index (χ2n) is 4.53. The summed E-state index contributed by atoms with van der Waals surface area (Å²) in [7, 11) is 0. The lowest BCUT2D eigenvalue weighted by Crippen LogP contribution is -2.12. The van der Waals surface area contributed by atoms with Crippen molar-refractivity contribution in [1.29, 1.82) is 0 Å². The van der Waals surface area contributed by atoms with Crippen LogP contribution in [0.3, 0.4) is 0 Å². The van der Waals surface area contributed by atoms with E-state index >= 15 is 0 Å². The SMILES string of the molecule is O=C1Cc2cc(C(=O)Nc3ccccc3I)ccc2N1. The van der Waals surface area contributed by atoms with Gasteiger partial charge < -0.3 is 10.6 Å². The fourth-order valence-electron chi connectivity index (χ4n) is 2.13. The normalized spacial score (nSPS) is 12.8. The maximum Gasteiger partial charge on any atom is 0.255 e. The van der Waals surface area contributed by atoms with Crippen LogP contribution in [0.15, 0.2) is 42.5 Å². The monoisotopic (exact) mass is 378 g/mol. The summed E-state index contributed by atoms with van der Waals surface area (Å²) in [6.07, 6.45) is 0.333. The summed E-state index contributed by atoms with van der Waals surface area (Å²) >= 11 is 2.18. The van der Waals surface area contributed by atoms with Crippen molar-refractivity contribution in [1.82, 2.24) is 0 Å². The van der Waals surface area contributed by atoms with E-state index in [-0.39, 0.29) is 11.8 Å². The van der Waals surface area contributed by atoms with Crippen LogP contribution in [0.2, 0.25) is 0 Å². The third-order valence-corrected chi connectivity index (χ3v) is 4.06. The molecule has 0 unspecified atom stereocenters. The average Bonchev–Trinajstić information content (AvgIpc) is 2.80. The van der Waals surface area contributed by atoms with E-state index in [9.17, 15) is 9.59 Å². The van der Waals surface area contributed by atoms with Crippen molar-refractivity contribution < 1.29 is 9.59 Å². The van der Waals surface area contributed by atoms with E-state index in [1.54, 1.807) is 18.2 Å². The maximum atomic E-state index is 12.2. The molecule has 2 aromatic carbocycles. The zero-order chi connectivity index (χ0) is 14.1. The van der Waals surface area contributed by atoms with Crippen molar-refractivity contribution in [2.45, 2.75) is 6.42 Å². The molecular weight excluding hydrogens is 367 g/mol. The molecule has 2 amide bonds. The molecule has 1 heterocycles. The van der Waals surface area contributed by atoms with Gasteiger partial charge in [-0.25, -0.2) is 0 Å². The Morgan fingerprint density at radius 2 is 2.00 bits per heavy atom. The van der Waals surface area contributed by atoms with Crippen LogP contribution >= 0.6 is 22.6 Å². The fourth-order valence-corrected chi connectivity index (χ4v) is 2.65. The highest BCUT2D eigenvalue weighted by molar-refractivity contribution is 14.1. The number of rotatable bonds is 2. The van der Waals surface area contributed by atoms with Crippen LogP contribution in [0.25, 0.3) is 0 Å². The lowest BCUT2D eigenvalue weighted by atomic mass is 10.1. The Kier molecular flexibility index (Phi) is 3.43. The van der Waals surface area contributed by atoms with Crippen molar-refractivity contribution >= 4 is 45.8 Å². The predicted molar refractivity (Wildman–Crippen MR) is 85.9 cm³/mol. The molecule has 0 radical (unpaired) electrons. The van der Waals surface area contributed by atoms with Crippen LogP contribution in [0.1, 0.15) is 15.9 Å². The molecular formula is C15H11IN2O2. The summed E-state index contributed by atoms with van der Waals surface area (Å²) in [6, 6.07) is 12.8. The average molecular weight is 378 g/mol. The number of carbonyl (C=O) groups is 2. The third-order valence-electron chi connectivity index (χ3n) is 3.11. The van der Waals surface area contributed by atoms with Gasteiger partial charge in [-0.05, 0) is 58.5 Å². The van der Waals surface area contributed by atoms with Gasteiger partial charge in [0.1, 0.15) is 0 Å². The smallest absolute Gasteiger partial charge is 0.255 e. The largest absolute Gasteiger partial charge is 0.326 e. The summed E-state index contributed by atoms with van der Waals surface area (Å²) in [5, 5.41) is 5.63. The maximum absolute atomic E-state index is 12.2. The van der Waals surface area contributed by atoms with Gasteiger partial charge in [0.2, 0.25) is 5.91 Å². The van der Waals surface area contributed by atoms with Crippen LogP contribution in [0, 0.1) is 3.57 Å². The number of hydrogen-bond donors (Lipinski definition) is 2. The Balaban J connectivity index is 1.84. The number of carbonyl (C=O) groups excluding carboxylic acids is 2. The zero-order valence-electron chi connectivity index (χ0n) is 10.4. The Morgan fingerprint density at radius 1 is 1.20 bits per heavy atom. The first-order chi connectivity index (χ1) is 9.63. The van der Waals surface area contributed by atoms with Gasteiger partial charge in [-0.15, -0.1) is 0 Å². The van der Waals surface area contributed by atoms with E-state index in [2.05, 4.69) is 33.2 Å². The molecule has 3 rings (SSSR count). The number of para-hydroxylation sites is 1. The van der Waals surface area contributed by atoms with Gasteiger partial charge in [-0.2, -0.15) is 0 Å². The van der Waals surface area contributed by atoms with Gasteiger partial charge in [-0.1, -0.05) is 12.1 Å². The third kappa shape index (κ3) is 2.53. The first kappa shape index (κ1) is 13.1. The standard InChI is InChI=1S/C15H11IN2O2/c16-11-3-1-2-4-13(11)18-15(20)9-5-6-12-10(7-9)8-14(19)17-12/h1-7H,8H2,(H,17,19)(H,18,20). The summed E-state index contributed by atoms with van der Waals surface area (Å²) in [5.41, 5.74) is 3.00. The van der Waals surface area contributed by atoms with Gasteiger partial charge in [-0.3, -0.25) is 9.59 Å². The van der Waals surface area contributed by atoms with Gasteiger partial charge >= 0.3 is 0 Å². The first-order valence-corrected chi connectivity index (χ1v) is 7.20. The van der Waals surface area contributed by atoms with Crippen LogP contribution in [-0.2, 0) is 11.2 Å². The van der Waals surface area contributed by atoms with Crippen molar-refractivity contribution in [2.75, 3.05) is 10.6 Å². The molecule has 0 saturated heterocycles. The molecule has 0 aliphatic carbocycles. The van der Waals surface area contributed by atoms with Crippen LogP contribution < -0.4 is 10.6 Å². The number of benzene rings is 2. The number of amides is 2. The summed E-state index contributed by atoms with van der Waals surface area (Å²) in [5.74, 6) is -0.202. The quantitative estimate of drug-likeness (QED) is 0.790. The molecule has 2 aromatic rings. The van der Waals surface area contributed by atoms with E-state index in [1.165, 1.54) is 0 Å². The van der Waals surface area contributed by atoms with Crippen LogP contribution in [-0.4, -0.2) is 11.8 Å². The van der Waals surface area contributed by atoms with Crippen molar-refractivity contribution in [2.24, 2.45) is 0 Å². The molecule has 0 spiro atoms. The topological polar surface area (TPSA) is 58.2 Å². The molecule has 0 aromatic heterocycles. The molecule has 0 fully saturated rings. The second kappa shape index (κ2) is 5.24. The number of halogens is 1. The minimum atomic E-state index is -0.170. The second-order valence-corrected chi connectivity index (χ2v) is 5.69. The van der Waals surface area contributed by atoms with Gasteiger partial charge in [0.15, 0.2) is 0 Å². The molecule has 100 valence electrons. The zero-order valence-corrected chi connectivity index (χ0v) is 12.6. The summed E-state index contributed by atoms with van der Waals surface area (Å²) < 4.78 is 0.983. The molecule has 1 aliphatic heterocycles. The van der Waals surface area contributed by atoms with Crippen molar-refractivity contribution in [3.63, 3.8) is 0 Å². The van der Waals surface area contributed by atoms with Gasteiger partial charge in [0, 0.05) is 14.8 Å². The molecule has 1 aliphatic rings. The minimum Gasteiger partial charge on any atom is -0.326 e. The van der Waals surface area contributed by atoms with E-state index in [0.29, 0.717) is 12.0 Å². The van der Waals surface area contributed by atoms with E-state index in [0.717, 1.165) is 20.5 Å². The highest BCUT2D eigenvalue weighted by Crippen LogP contribution is 2.24. The number of nitrogens with one attached hydrogen (secondary N) is 2. The van der Waals surface area contributed by atoms with Crippen molar-refractivity contribution in [3.8, 4) is 0 Å². The molecule has 2 N–H and O–H groups in total.